The zero-order valence-electron chi connectivity index (χ0n) is 18.4. The minimum Gasteiger partial charge on any atom is -0.481 e. The van der Waals surface area contributed by atoms with E-state index in [4.69, 9.17) is 28.3 Å². The topological polar surface area (TPSA) is 162 Å². The fourth-order valence-electron chi connectivity index (χ4n) is 3.49. The van der Waals surface area contributed by atoms with Gasteiger partial charge in [0.1, 0.15) is 18.4 Å². The number of carboxylic acids is 1. The fourth-order valence-corrected chi connectivity index (χ4v) is 4.07. The maximum Gasteiger partial charge on any atom is 0.305 e. The summed E-state index contributed by atoms with van der Waals surface area (Å²) in [7, 11) is 0. The number of hydrogen-bond donors (Lipinski definition) is 4. The molecule has 0 aromatic heterocycles. The van der Waals surface area contributed by atoms with Gasteiger partial charge in [0.25, 0.3) is 5.91 Å². The van der Waals surface area contributed by atoms with Crippen molar-refractivity contribution in [2.75, 3.05) is 11.9 Å². The Labute approximate surface area is 205 Å². The Bertz CT molecular complexity index is 994. The summed E-state index contributed by atoms with van der Waals surface area (Å²) in [4.78, 5) is 72.5. The molecule has 3 atom stereocenters. The summed E-state index contributed by atoms with van der Waals surface area (Å²) in [6.45, 7) is 2.98. The monoisotopic (exact) mass is 514 g/mol. The molecule has 11 nitrogen and oxygen atoms in total. The molecule has 0 bridgehead atoms. The van der Waals surface area contributed by atoms with Crippen LogP contribution in [-0.2, 0) is 24.0 Å². The lowest BCUT2D eigenvalue weighted by Crippen LogP contribution is -2.54. The van der Waals surface area contributed by atoms with E-state index >= 15 is 0 Å². The van der Waals surface area contributed by atoms with Crippen molar-refractivity contribution in [2.45, 2.75) is 51.2 Å². The van der Waals surface area contributed by atoms with E-state index in [2.05, 4.69) is 16.0 Å². The molecule has 0 unspecified atom stereocenters. The molecule has 1 aromatic carbocycles. The molecular weight excluding hydrogens is 491 g/mol. The van der Waals surface area contributed by atoms with Crippen molar-refractivity contribution in [1.82, 2.24) is 15.5 Å². The van der Waals surface area contributed by atoms with Gasteiger partial charge in [-0.1, -0.05) is 23.2 Å². The van der Waals surface area contributed by atoms with Gasteiger partial charge in [-0.2, -0.15) is 0 Å². The van der Waals surface area contributed by atoms with E-state index in [9.17, 15) is 28.8 Å². The third kappa shape index (κ3) is 6.91. The van der Waals surface area contributed by atoms with Crippen LogP contribution in [0, 0.1) is 0 Å². The van der Waals surface area contributed by atoms with Crippen molar-refractivity contribution in [2.24, 2.45) is 0 Å². The van der Waals surface area contributed by atoms with Crippen LogP contribution in [0.1, 0.15) is 43.5 Å². The van der Waals surface area contributed by atoms with Crippen LogP contribution in [-0.4, -0.2) is 70.6 Å². The van der Waals surface area contributed by atoms with E-state index < -0.39 is 54.1 Å². The van der Waals surface area contributed by atoms with Gasteiger partial charge in [0.2, 0.25) is 17.7 Å². The summed E-state index contributed by atoms with van der Waals surface area (Å²) < 4.78 is 0. The van der Waals surface area contributed by atoms with E-state index in [1.165, 1.54) is 30.9 Å². The molecule has 4 amide bonds. The summed E-state index contributed by atoms with van der Waals surface area (Å²) in [5, 5.41) is 16.2. The smallest absolute Gasteiger partial charge is 0.305 e. The highest BCUT2D eigenvalue weighted by Gasteiger charge is 2.37. The Hall–Kier alpha value is -3.18. The lowest BCUT2D eigenvalue weighted by atomic mass is 10.1. The lowest BCUT2D eigenvalue weighted by molar-refractivity contribution is -0.141. The summed E-state index contributed by atoms with van der Waals surface area (Å²) >= 11 is 12.2. The number of nitrogens with one attached hydrogen (secondary N) is 3. The Morgan fingerprint density at radius 1 is 1.18 bits per heavy atom. The number of rotatable bonds is 9. The second kappa shape index (κ2) is 11.8. The summed E-state index contributed by atoms with van der Waals surface area (Å²) in [5.41, 5.74) is 0.209. The first-order valence-corrected chi connectivity index (χ1v) is 11.1. The van der Waals surface area contributed by atoms with Crippen LogP contribution in [0.2, 0.25) is 10.0 Å². The number of aliphatic carboxylic acids is 1. The van der Waals surface area contributed by atoms with Gasteiger partial charge in [0, 0.05) is 19.0 Å². The van der Waals surface area contributed by atoms with Crippen LogP contribution in [0.5, 0.6) is 0 Å². The van der Waals surface area contributed by atoms with Crippen LogP contribution >= 0.6 is 23.2 Å². The Kier molecular flexibility index (Phi) is 9.39. The Morgan fingerprint density at radius 2 is 1.79 bits per heavy atom. The van der Waals surface area contributed by atoms with Gasteiger partial charge in [0.15, 0.2) is 0 Å². The van der Waals surface area contributed by atoms with Crippen molar-refractivity contribution in [3.8, 4) is 0 Å². The van der Waals surface area contributed by atoms with Gasteiger partial charge in [-0.15, -0.1) is 0 Å². The predicted molar refractivity (Wildman–Crippen MR) is 123 cm³/mol. The van der Waals surface area contributed by atoms with Gasteiger partial charge in [-0.05, 0) is 31.9 Å². The van der Waals surface area contributed by atoms with Gasteiger partial charge in [0.05, 0.1) is 28.2 Å². The number of amides is 4. The fraction of sp³-hybridized carbons (Fsp3) is 0.429. The highest BCUT2D eigenvalue weighted by atomic mass is 35.5. The molecular formula is C21H24Cl2N4O7. The van der Waals surface area contributed by atoms with Gasteiger partial charge in [-0.3, -0.25) is 24.0 Å². The SMILES string of the molecule is CC(=O)Nc1c(Cl)cc(C(=O)N[C@@H](C)C(=O)N2CCC[C@H]2C(=O)N[C@H](C=O)CC(=O)O)cc1Cl. The average Bonchev–Trinajstić information content (AvgIpc) is 3.24. The number of carbonyl (C=O) groups is 6. The number of benzene rings is 1. The number of likely N-dealkylation sites (tertiary alicyclic amines) is 1. The normalized spacial score (nSPS) is 16.8. The molecule has 1 aliphatic rings. The van der Waals surface area contributed by atoms with Gasteiger partial charge in [-0.25, -0.2) is 0 Å². The molecule has 184 valence electrons. The Balaban J connectivity index is 2.07. The molecule has 1 heterocycles. The highest BCUT2D eigenvalue weighted by Crippen LogP contribution is 2.32. The predicted octanol–water partition coefficient (Wildman–Crippen LogP) is 1.22. The first kappa shape index (κ1) is 27.1. The number of anilines is 1. The van der Waals surface area contributed by atoms with E-state index in [0.29, 0.717) is 19.1 Å². The van der Waals surface area contributed by atoms with Crippen molar-refractivity contribution in [3.05, 3.63) is 27.7 Å². The van der Waals surface area contributed by atoms with Crippen molar-refractivity contribution < 1.29 is 33.9 Å². The van der Waals surface area contributed by atoms with Crippen molar-refractivity contribution >= 4 is 64.8 Å². The average molecular weight is 515 g/mol. The number of aldehydes is 1. The zero-order valence-corrected chi connectivity index (χ0v) is 19.9. The number of carboxylic acid groups (broad SMARTS) is 1. The summed E-state index contributed by atoms with van der Waals surface area (Å²) in [6, 6.07) is -0.549. The molecule has 1 aromatic rings. The quantitative estimate of drug-likeness (QED) is 0.360. The third-order valence-corrected chi connectivity index (χ3v) is 5.64. The first-order chi connectivity index (χ1) is 15.9. The highest BCUT2D eigenvalue weighted by molar-refractivity contribution is 6.40. The van der Waals surface area contributed by atoms with E-state index in [-0.39, 0.29) is 27.8 Å². The Morgan fingerprint density at radius 3 is 2.32 bits per heavy atom. The summed E-state index contributed by atoms with van der Waals surface area (Å²) in [5.74, 6) is -3.47. The molecule has 0 saturated carbocycles. The second-order valence-corrected chi connectivity index (χ2v) is 8.54. The number of halogens is 2. The molecule has 1 saturated heterocycles. The van der Waals surface area contributed by atoms with Crippen LogP contribution in [0.25, 0.3) is 0 Å². The molecule has 0 radical (unpaired) electrons. The second-order valence-electron chi connectivity index (χ2n) is 7.73. The van der Waals surface area contributed by atoms with Crippen LogP contribution in [0.3, 0.4) is 0 Å². The van der Waals surface area contributed by atoms with E-state index in [1.54, 1.807) is 0 Å². The van der Waals surface area contributed by atoms with Crippen LogP contribution in [0.15, 0.2) is 12.1 Å². The lowest BCUT2D eigenvalue weighted by Gasteiger charge is -2.28. The van der Waals surface area contributed by atoms with E-state index in [0.717, 1.165) is 0 Å². The number of carbonyl (C=O) groups excluding carboxylic acids is 5. The number of nitrogens with zero attached hydrogens (tertiary/aromatic N) is 1. The molecule has 1 fully saturated rings. The zero-order chi connectivity index (χ0) is 25.6. The minimum absolute atomic E-state index is 0.0363. The first-order valence-electron chi connectivity index (χ1n) is 10.3. The standard InChI is InChI=1S/C21H24Cl2N4O7/c1-10(24-19(32)12-6-14(22)18(15(23)7-12)25-11(2)29)21(34)27-5-3-4-16(27)20(33)26-13(9-28)8-17(30)31/h6-7,9-10,13,16H,3-5,8H2,1-2H3,(H,24,32)(H,25,29)(H,26,33)(H,30,31)/t10-,13-,16-/m0/s1. The van der Waals surface area contributed by atoms with Gasteiger partial charge >= 0.3 is 5.97 Å². The molecule has 4 N–H and O–H groups in total. The number of hydrogen-bond acceptors (Lipinski definition) is 6. The largest absolute Gasteiger partial charge is 0.481 e. The van der Waals surface area contributed by atoms with Crippen LogP contribution < -0.4 is 16.0 Å². The molecule has 13 heteroatoms. The molecule has 1 aliphatic heterocycles. The van der Waals surface area contributed by atoms with Crippen molar-refractivity contribution in [1.29, 1.82) is 0 Å². The van der Waals surface area contributed by atoms with Crippen molar-refractivity contribution in [3.63, 3.8) is 0 Å². The van der Waals surface area contributed by atoms with Gasteiger partial charge < -0.3 is 30.8 Å². The molecule has 0 spiro atoms. The minimum atomic E-state index is -1.25. The molecule has 0 aliphatic carbocycles. The van der Waals surface area contributed by atoms with Crippen LogP contribution in [0.4, 0.5) is 5.69 Å². The molecule has 2 rings (SSSR count). The third-order valence-electron chi connectivity index (χ3n) is 5.05. The maximum absolute atomic E-state index is 12.9. The maximum atomic E-state index is 12.9. The molecule has 34 heavy (non-hydrogen) atoms. The summed E-state index contributed by atoms with van der Waals surface area (Å²) in [6.07, 6.45) is 0.593. The van der Waals surface area contributed by atoms with E-state index in [1.807, 2.05) is 0 Å².